The Labute approximate surface area is 145 Å². The maximum absolute atomic E-state index is 12.3. The molecule has 2 aromatic carbocycles. The first kappa shape index (κ1) is 15.2. The van der Waals surface area contributed by atoms with Crippen LogP contribution < -0.4 is 11.0 Å². The summed E-state index contributed by atoms with van der Waals surface area (Å²) in [5, 5.41) is 7.77. The minimum Gasteiger partial charge on any atom is -0.383 e. The van der Waals surface area contributed by atoms with Gasteiger partial charge in [-0.1, -0.05) is 54.6 Å². The topological polar surface area (TPSA) is 51.3 Å². The van der Waals surface area contributed by atoms with Crippen LogP contribution in [0.3, 0.4) is 0 Å². The zero-order chi connectivity index (χ0) is 17.1. The van der Waals surface area contributed by atoms with Crippen molar-refractivity contribution in [1.29, 1.82) is 0 Å². The second-order valence-corrected chi connectivity index (χ2v) is 5.77. The van der Waals surface area contributed by atoms with E-state index in [9.17, 15) is 4.79 Å². The van der Waals surface area contributed by atoms with E-state index in [-0.39, 0.29) is 5.69 Å². The predicted octanol–water partition coefficient (Wildman–Crippen LogP) is 3.28. The number of nitrogens with zero attached hydrogens (tertiary/aromatic N) is 3. The maximum Gasteiger partial charge on any atom is 0.350 e. The molecule has 0 fully saturated rings. The smallest absolute Gasteiger partial charge is 0.350 e. The van der Waals surface area contributed by atoms with Gasteiger partial charge in [0.15, 0.2) is 5.65 Å². The van der Waals surface area contributed by atoms with Crippen LogP contribution >= 0.6 is 0 Å². The molecule has 5 heteroatoms. The van der Waals surface area contributed by atoms with Gasteiger partial charge in [0.2, 0.25) is 0 Å². The Morgan fingerprint density at radius 2 is 1.64 bits per heavy atom. The SMILES string of the molecule is O=c1n(CCNc2ccccc2-c2ccccc2)nc2ccccn12. The van der Waals surface area contributed by atoms with Crippen LogP contribution in [0.25, 0.3) is 16.8 Å². The van der Waals surface area contributed by atoms with Gasteiger partial charge in [0.25, 0.3) is 0 Å². The summed E-state index contributed by atoms with van der Waals surface area (Å²) in [4.78, 5) is 12.3. The monoisotopic (exact) mass is 330 g/mol. The molecule has 0 unspecified atom stereocenters. The third kappa shape index (κ3) is 3.04. The lowest BCUT2D eigenvalue weighted by molar-refractivity contribution is 0.614. The van der Waals surface area contributed by atoms with Crippen LogP contribution in [0, 0.1) is 0 Å². The molecule has 0 aliphatic heterocycles. The standard InChI is InChI=1S/C20H18N4O/c25-20-23-14-7-6-12-19(23)22-24(20)15-13-21-18-11-5-4-10-17(18)16-8-2-1-3-9-16/h1-12,14,21H,13,15H2. The molecular weight excluding hydrogens is 312 g/mol. The minimum absolute atomic E-state index is 0.117. The van der Waals surface area contributed by atoms with E-state index in [1.807, 2.05) is 48.5 Å². The number of hydrogen-bond acceptors (Lipinski definition) is 3. The van der Waals surface area contributed by atoms with Crippen molar-refractivity contribution < 1.29 is 0 Å². The van der Waals surface area contributed by atoms with Gasteiger partial charge >= 0.3 is 5.69 Å². The van der Waals surface area contributed by atoms with Crippen LogP contribution in [0.2, 0.25) is 0 Å². The number of fused-ring (bicyclic) bond motifs is 1. The Morgan fingerprint density at radius 3 is 2.48 bits per heavy atom. The molecule has 0 aliphatic carbocycles. The van der Waals surface area contributed by atoms with Crippen molar-refractivity contribution in [3.63, 3.8) is 0 Å². The van der Waals surface area contributed by atoms with Crippen molar-refractivity contribution in [2.45, 2.75) is 6.54 Å². The zero-order valence-electron chi connectivity index (χ0n) is 13.7. The molecule has 0 aliphatic rings. The van der Waals surface area contributed by atoms with E-state index in [4.69, 9.17) is 0 Å². The third-order valence-electron chi connectivity index (χ3n) is 4.14. The highest BCUT2D eigenvalue weighted by molar-refractivity contribution is 5.77. The molecule has 0 saturated carbocycles. The lowest BCUT2D eigenvalue weighted by Gasteiger charge is -2.12. The summed E-state index contributed by atoms with van der Waals surface area (Å²) in [7, 11) is 0. The summed E-state index contributed by atoms with van der Waals surface area (Å²) < 4.78 is 3.05. The Hall–Kier alpha value is -3.34. The van der Waals surface area contributed by atoms with Gasteiger partial charge in [0.1, 0.15) is 0 Å². The van der Waals surface area contributed by atoms with Crippen molar-refractivity contribution in [2.24, 2.45) is 0 Å². The molecule has 0 atom stereocenters. The molecular formula is C20H18N4O. The van der Waals surface area contributed by atoms with E-state index < -0.39 is 0 Å². The van der Waals surface area contributed by atoms with Crippen molar-refractivity contribution in [1.82, 2.24) is 14.2 Å². The van der Waals surface area contributed by atoms with Gasteiger partial charge in [-0.3, -0.25) is 4.40 Å². The number of nitrogens with one attached hydrogen (secondary N) is 1. The molecule has 2 heterocycles. The van der Waals surface area contributed by atoms with Gasteiger partial charge in [0, 0.05) is 24.0 Å². The first-order valence-corrected chi connectivity index (χ1v) is 8.25. The highest BCUT2D eigenvalue weighted by atomic mass is 16.2. The van der Waals surface area contributed by atoms with Crippen LogP contribution in [0.5, 0.6) is 0 Å². The Balaban J connectivity index is 1.52. The normalized spacial score (nSPS) is 10.9. The molecule has 4 aromatic rings. The van der Waals surface area contributed by atoms with Crippen LogP contribution in [0.4, 0.5) is 5.69 Å². The van der Waals surface area contributed by atoms with Crippen LogP contribution in [-0.4, -0.2) is 20.7 Å². The lowest BCUT2D eigenvalue weighted by atomic mass is 10.0. The molecule has 0 bridgehead atoms. The average Bonchev–Trinajstić information content (AvgIpc) is 2.99. The molecule has 0 amide bonds. The number of hydrogen-bond donors (Lipinski definition) is 1. The van der Waals surface area contributed by atoms with E-state index in [0.717, 1.165) is 16.8 Å². The zero-order valence-corrected chi connectivity index (χ0v) is 13.7. The number of anilines is 1. The van der Waals surface area contributed by atoms with E-state index in [1.165, 1.54) is 4.68 Å². The Kier molecular flexibility index (Phi) is 4.04. The molecule has 4 rings (SSSR count). The number of aromatic nitrogens is 3. The van der Waals surface area contributed by atoms with Gasteiger partial charge in [-0.15, -0.1) is 5.10 Å². The fourth-order valence-electron chi connectivity index (χ4n) is 2.92. The Bertz CT molecular complexity index is 1050. The van der Waals surface area contributed by atoms with Gasteiger partial charge in [-0.2, -0.15) is 0 Å². The van der Waals surface area contributed by atoms with Crippen molar-refractivity contribution >= 4 is 11.3 Å². The van der Waals surface area contributed by atoms with Gasteiger partial charge in [0.05, 0.1) is 6.54 Å². The number of rotatable bonds is 5. The number of pyridine rings is 1. The summed E-state index contributed by atoms with van der Waals surface area (Å²) in [6, 6.07) is 24.0. The largest absolute Gasteiger partial charge is 0.383 e. The summed E-state index contributed by atoms with van der Waals surface area (Å²) in [5.41, 5.74) is 3.90. The predicted molar refractivity (Wildman–Crippen MR) is 99.8 cm³/mol. The van der Waals surface area contributed by atoms with E-state index in [2.05, 4.69) is 34.7 Å². The number of para-hydroxylation sites is 1. The van der Waals surface area contributed by atoms with Gasteiger partial charge in [-0.25, -0.2) is 9.48 Å². The van der Waals surface area contributed by atoms with Crippen molar-refractivity contribution in [2.75, 3.05) is 11.9 Å². The second kappa shape index (κ2) is 6.65. The lowest BCUT2D eigenvalue weighted by Crippen LogP contribution is -2.24. The van der Waals surface area contributed by atoms with E-state index in [1.54, 1.807) is 10.6 Å². The molecule has 1 N–H and O–H groups in total. The van der Waals surface area contributed by atoms with Crippen LogP contribution in [0.15, 0.2) is 83.8 Å². The molecule has 25 heavy (non-hydrogen) atoms. The van der Waals surface area contributed by atoms with Crippen molar-refractivity contribution in [3.05, 3.63) is 89.5 Å². The summed E-state index contributed by atoms with van der Waals surface area (Å²) in [6.45, 7) is 1.12. The molecule has 0 saturated heterocycles. The van der Waals surface area contributed by atoms with Crippen LogP contribution in [-0.2, 0) is 6.54 Å². The maximum atomic E-state index is 12.3. The molecule has 0 spiro atoms. The molecule has 2 aromatic heterocycles. The van der Waals surface area contributed by atoms with Crippen LogP contribution in [0.1, 0.15) is 0 Å². The highest BCUT2D eigenvalue weighted by Crippen LogP contribution is 2.27. The quantitative estimate of drug-likeness (QED) is 0.611. The first-order valence-electron chi connectivity index (χ1n) is 8.25. The summed E-state index contributed by atoms with van der Waals surface area (Å²) >= 11 is 0. The fourth-order valence-corrected chi connectivity index (χ4v) is 2.92. The second-order valence-electron chi connectivity index (χ2n) is 5.77. The molecule has 5 nitrogen and oxygen atoms in total. The van der Waals surface area contributed by atoms with Gasteiger partial charge in [-0.05, 0) is 23.8 Å². The average molecular weight is 330 g/mol. The van der Waals surface area contributed by atoms with E-state index in [0.29, 0.717) is 18.7 Å². The van der Waals surface area contributed by atoms with Gasteiger partial charge < -0.3 is 5.32 Å². The van der Waals surface area contributed by atoms with Crippen molar-refractivity contribution in [3.8, 4) is 11.1 Å². The van der Waals surface area contributed by atoms with E-state index >= 15 is 0 Å². The molecule has 124 valence electrons. The summed E-state index contributed by atoms with van der Waals surface area (Å²) in [5.74, 6) is 0. The Morgan fingerprint density at radius 1 is 0.880 bits per heavy atom. The summed E-state index contributed by atoms with van der Waals surface area (Å²) in [6.07, 6.45) is 1.74. The first-order chi connectivity index (χ1) is 12.3. The third-order valence-corrected chi connectivity index (χ3v) is 4.14. The minimum atomic E-state index is -0.117. The molecule has 0 radical (unpaired) electrons. The highest BCUT2D eigenvalue weighted by Gasteiger charge is 2.07. The number of benzene rings is 2. The fraction of sp³-hybridized carbons (Fsp3) is 0.100.